The molecule has 1 rings (SSSR count). The van der Waals surface area contributed by atoms with E-state index in [4.69, 9.17) is 5.11 Å². The molecule has 0 heterocycles. The molecule has 1 aromatic carbocycles. The fourth-order valence-corrected chi connectivity index (χ4v) is 1.49. The van der Waals surface area contributed by atoms with Crippen LogP contribution in [0.2, 0.25) is 0 Å². The highest BCUT2D eigenvalue weighted by molar-refractivity contribution is 5.96. The number of carbonyl (C=O) groups is 2. The van der Waals surface area contributed by atoms with Gasteiger partial charge in [-0.1, -0.05) is 31.0 Å². The minimum Gasteiger partial charge on any atom is -0.480 e. The summed E-state index contributed by atoms with van der Waals surface area (Å²) in [6.45, 7) is 3.81. The number of hydrogen-bond donors (Lipinski definition) is 2. The van der Waals surface area contributed by atoms with Gasteiger partial charge in [-0.3, -0.25) is 4.79 Å². The van der Waals surface area contributed by atoms with Gasteiger partial charge in [0.15, 0.2) is 0 Å². The topological polar surface area (TPSA) is 66.4 Å². The molecule has 4 heteroatoms. The van der Waals surface area contributed by atoms with Gasteiger partial charge in [-0.05, 0) is 25.5 Å². The van der Waals surface area contributed by atoms with Gasteiger partial charge in [0.1, 0.15) is 6.04 Å². The number of benzene rings is 1. The quantitative estimate of drug-likeness (QED) is 0.820. The van der Waals surface area contributed by atoms with Crippen molar-refractivity contribution in [1.29, 1.82) is 0 Å². The van der Waals surface area contributed by atoms with E-state index in [1.54, 1.807) is 12.1 Å². The van der Waals surface area contributed by atoms with E-state index in [0.29, 0.717) is 18.4 Å². The standard InChI is InChI=1S/C13H17NO3/c1-3-4-11(13(16)17)14-12(15)10-7-5-9(2)6-8-10/h5-8,11H,3-4H2,1-2H3,(H,14,15)(H,16,17)/t11-/m1/s1. The molecular weight excluding hydrogens is 218 g/mol. The van der Waals surface area contributed by atoms with Gasteiger partial charge in [0.05, 0.1) is 0 Å². The summed E-state index contributed by atoms with van der Waals surface area (Å²) in [5.41, 5.74) is 1.54. The zero-order valence-electron chi connectivity index (χ0n) is 10.1. The Morgan fingerprint density at radius 3 is 2.35 bits per heavy atom. The van der Waals surface area contributed by atoms with Crippen LogP contribution in [0.1, 0.15) is 35.7 Å². The van der Waals surface area contributed by atoms with Crippen LogP contribution in [0.3, 0.4) is 0 Å². The van der Waals surface area contributed by atoms with E-state index in [9.17, 15) is 9.59 Å². The Bertz CT molecular complexity index is 398. The lowest BCUT2D eigenvalue weighted by Crippen LogP contribution is -2.40. The molecule has 0 aliphatic carbocycles. The van der Waals surface area contributed by atoms with Crippen LogP contribution in [-0.4, -0.2) is 23.0 Å². The number of amides is 1. The Labute approximate surface area is 101 Å². The number of aryl methyl sites for hydroxylation is 1. The number of hydrogen-bond acceptors (Lipinski definition) is 2. The van der Waals surface area contributed by atoms with Gasteiger partial charge >= 0.3 is 5.97 Å². The number of aliphatic carboxylic acids is 1. The summed E-state index contributed by atoms with van der Waals surface area (Å²) in [5.74, 6) is -1.34. The number of nitrogens with one attached hydrogen (secondary N) is 1. The van der Waals surface area contributed by atoms with Crippen molar-refractivity contribution in [1.82, 2.24) is 5.32 Å². The predicted octanol–water partition coefficient (Wildman–Crippen LogP) is 1.98. The first-order valence-electron chi connectivity index (χ1n) is 5.65. The molecule has 2 N–H and O–H groups in total. The molecule has 92 valence electrons. The van der Waals surface area contributed by atoms with Crippen molar-refractivity contribution in [2.24, 2.45) is 0 Å². The van der Waals surface area contributed by atoms with Gasteiger partial charge in [-0.15, -0.1) is 0 Å². The average molecular weight is 235 g/mol. The third-order valence-electron chi connectivity index (χ3n) is 2.49. The molecule has 0 bridgehead atoms. The molecule has 17 heavy (non-hydrogen) atoms. The van der Waals surface area contributed by atoms with Gasteiger partial charge in [-0.2, -0.15) is 0 Å². The largest absolute Gasteiger partial charge is 0.480 e. The summed E-state index contributed by atoms with van der Waals surface area (Å²) in [7, 11) is 0. The Hall–Kier alpha value is -1.84. The second-order valence-electron chi connectivity index (χ2n) is 4.02. The Morgan fingerprint density at radius 2 is 1.88 bits per heavy atom. The molecule has 0 aliphatic heterocycles. The van der Waals surface area contributed by atoms with Crippen LogP contribution in [-0.2, 0) is 4.79 Å². The highest BCUT2D eigenvalue weighted by atomic mass is 16.4. The zero-order valence-corrected chi connectivity index (χ0v) is 10.1. The molecule has 0 aromatic heterocycles. The lowest BCUT2D eigenvalue weighted by atomic mass is 10.1. The molecule has 1 amide bonds. The molecule has 1 aromatic rings. The minimum absolute atomic E-state index is 0.342. The molecule has 0 saturated carbocycles. The molecule has 0 saturated heterocycles. The zero-order chi connectivity index (χ0) is 12.8. The normalized spacial score (nSPS) is 11.9. The molecular formula is C13H17NO3. The van der Waals surface area contributed by atoms with Crippen molar-refractivity contribution < 1.29 is 14.7 Å². The smallest absolute Gasteiger partial charge is 0.326 e. The lowest BCUT2D eigenvalue weighted by Gasteiger charge is -2.13. The fourth-order valence-electron chi connectivity index (χ4n) is 1.49. The minimum atomic E-state index is -0.993. The number of carbonyl (C=O) groups excluding carboxylic acids is 1. The molecule has 1 atom stereocenters. The summed E-state index contributed by atoms with van der Waals surface area (Å²) >= 11 is 0. The van der Waals surface area contributed by atoms with Gasteiger partial charge in [-0.25, -0.2) is 4.79 Å². The molecule has 0 aliphatic rings. The molecule has 0 radical (unpaired) electrons. The first-order valence-corrected chi connectivity index (χ1v) is 5.65. The van der Waals surface area contributed by atoms with Crippen molar-refractivity contribution in [3.63, 3.8) is 0 Å². The lowest BCUT2D eigenvalue weighted by molar-refractivity contribution is -0.139. The van der Waals surface area contributed by atoms with E-state index in [1.807, 2.05) is 26.0 Å². The predicted molar refractivity (Wildman–Crippen MR) is 65.0 cm³/mol. The van der Waals surface area contributed by atoms with Crippen LogP contribution in [0.4, 0.5) is 0 Å². The third kappa shape index (κ3) is 3.90. The van der Waals surface area contributed by atoms with E-state index in [-0.39, 0.29) is 5.91 Å². The van der Waals surface area contributed by atoms with Crippen LogP contribution in [0.5, 0.6) is 0 Å². The first kappa shape index (κ1) is 13.2. The summed E-state index contributed by atoms with van der Waals surface area (Å²) in [4.78, 5) is 22.7. The van der Waals surface area contributed by atoms with E-state index >= 15 is 0 Å². The van der Waals surface area contributed by atoms with Crippen molar-refractivity contribution >= 4 is 11.9 Å². The van der Waals surface area contributed by atoms with Crippen LogP contribution in [0, 0.1) is 6.92 Å². The molecule has 4 nitrogen and oxygen atoms in total. The summed E-state index contributed by atoms with van der Waals surface area (Å²) in [5, 5.41) is 11.4. The number of carboxylic acids is 1. The number of carboxylic acid groups (broad SMARTS) is 1. The number of rotatable bonds is 5. The second kappa shape index (κ2) is 6.03. The molecule has 0 unspecified atom stereocenters. The van der Waals surface area contributed by atoms with Crippen LogP contribution >= 0.6 is 0 Å². The summed E-state index contributed by atoms with van der Waals surface area (Å²) in [6, 6.07) is 6.22. The molecule has 0 spiro atoms. The van der Waals surface area contributed by atoms with E-state index in [0.717, 1.165) is 5.56 Å². The van der Waals surface area contributed by atoms with Gasteiger partial charge in [0.2, 0.25) is 0 Å². The van der Waals surface area contributed by atoms with Crippen molar-refractivity contribution in [3.8, 4) is 0 Å². The van der Waals surface area contributed by atoms with Crippen LogP contribution in [0.15, 0.2) is 24.3 Å². The highest BCUT2D eigenvalue weighted by Crippen LogP contribution is 2.05. The maximum Gasteiger partial charge on any atom is 0.326 e. The molecule has 0 fully saturated rings. The maximum absolute atomic E-state index is 11.8. The van der Waals surface area contributed by atoms with Gasteiger partial charge in [0, 0.05) is 5.56 Å². The van der Waals surface area contributed by atoms with Crippen LogP contribution in [0.25, 0.3) is 0 Å². The third-order valence-corrected chi connectivity index (χ3v) is 2.49. The SMILES string of the molecule is CCC[C@@H](NC(=O)c1ccc(C)cc1)C(=O)O. The van der Waals surface area contributed by atoms with Gasteiger partial charge < -0.3 is 10.4 Å². The van der Waals surface area contributed by atoms with Crippen molar-refractivity contribution in [2.75, 3.05) is 0 Å². The van der Waals surface area contributed by atoms with Crippen LogP contribution < -0.4 is 5.32 Å². The highest BCUT2D eigenvalue weighted by Gasteiger charge is 2.19. The fraction of sp³-hybridized carbons (Fsp3) is 0.385. The second-order valence-corrected chi connectivity index (χ2v) is 4.02. The summed E-state index contributed by atoms with van der Waals surface area (Å²) in [6.07, 6.45) is 1.15. The van der Waals surface area contributed by atoms with Crippen molar-refractivity contribution in [2.45, 2.75) is 32.7 Å². The average Bonchev–Trinajstić information content (AvgIpc) is 2.29. The van der Waals surface area contributed by atoms with E-state index < -0.39 is 12.0 Å². The van der Waals surface area contributed by atoms with Gasteiger partial charge in [0.25, 0.3) is 5.91 Å². The monoisotopic (exact) mass is 235 g/mol. The Kier molecular flexibility index (Phi) is 4.69. The van der Waals surface area contributed by atoms with E-state index in [2.05, 4.69) is 5.32 Å². The Balaban J connectivity index is 2.70. The van der Waals surface area contributed by atoms with Crippen molar-refractivity contribution in [3.05, 3.63) is 35.4 Å². The first-order chi connectivity index (χ1) is 8.04. The summed E-state index contributed by atoms with van der Waals surface area (Å²) < 4.78 is 0. The van der Waals surface area contributed by atoms with E-state index in [1.165, 1.54) is 0 Å². The maximum atomic E-state index is 11.8. The Morgan fingerprint density at radius 1 is 1.29 bits per heavy atom.